The Labute approximate surface area is 132 Å². The van der Waals surface area contributed by atoms with E-state index in [4.69, 9.17) is 9.47 Å². The van der Waals surface area contributed by atoms with Gasteiger partial charge in [-0.3, -0.25) is 14.4 Å². The van der Waals surface area contributed by atoms with Gasteiger partial charge in [0.1, 0.15) is 6.42 Å². The molecule has 0 aliphatic carbocycles. The number of carbonyl (C=O) groups excluding carboxylic acids is 3. The molecule has 2 aliphatic heterocycles. The van der Waals surface area contributed by atoms with Crippen LogP contribution in [0.2, 0.25) is 0 Å². The van der Waals surface area contributed by atoms with E-state index in [0.29, 0.717) is 43.4 Å². The average Bonchev–Trinajstić information content (AvgIpc) is 3.02. The van der Waals surface area contributed by atoms with Crippen molar-refractivity contribution in [3.8, 4) is 11.5 Å². The van der Waals surface area contributed by atoms with Gasteiger partial charge in [-0.25, -0.2) is 0 Å². The first-order chi connectivity index (χ1) is 11.2. The molecule has 1 aromatic rings. The molecule has 1 N–H and O–H groups in total. The fourth-order valence-corrected chi connectivity index (χ4v) is 2.51. The number of ether oxygens (including phenoxy) is 2. The van der Waals surface area contributed by atoms with Crippen LogP contribution in [0.1, 0.15) is 6.42 Å². The van der Waals surface area contributed by atoms with Crippen LogP contribution in [0.5, 0.6) is 11.5 Å². The van der Waals surface area contributed by atoms with Gasteiger partial charge in [0.05, 0.1) is 0 Å². The molecular formula is C15H17N3O5. The van der Waals surface area contributed by atoms with Crippen molar-refractivity contribution < 1.29 is 23.9 Å². The minimum Gasteiger partial charge on any atom is -0.454 e. The second-order valence-electron chi connectivity index (χ2n) is 5.32. The summed E-state index contributed by atoms with van der Waals surface area (Å²) in [6, 6.07) is 5.06. The lowest BCUT2D eigenvalue weighted by Crippen LogP contribution is -2.48. The Morgan fingerprint density at radius 3 is 2.61 bits per heavy atom. The fourth-order valence-electron chi connectivity index (χ4n) is 2.51. The number of anilines is 1. The lowest BCUT2D eigenvalue weighted by atomic mass is 10.2. The first kappa shape index (κ1) is 15.1. The molecule has 0 unspecified atom stereocenters. The summed E-state index contributed by atoms with van der Waals surface area (Å²) in [7, 11) is 0. The van der Waals surface area contributed by atoms with Gasteiger partial charge in [-0.15, -0.1) is 0 Å². The van der Waals surface area contributed by atoms with Crippen molar-refractivity contribution in [3.63, 3.8) is 0 Å². The van der Waals surface area contributed by atoms with E-state index in [1.165, 1.54) is 0 Å². The topological polar surface area (TPSA) is 88.2 Å². The second-order valence-corrected chi connectivity index (χ2v) is 5.32. The minimum absolute atomic E-state index is 0.165. The molecular weight excluding hydrogens is 302 g/mol. The van der Waals surface area contributed by atoms with Crippen LogP contribution in [0.4, 0.5) is 5.69 Å². The summed E-state index contributed by atoms with van der Waals surface area (Å²) in [5, 5.41) is 2.67. The van der Waals surface area contributed by atoms with Crippen LogP contribution in [-0.4, -0.2) is 61.0 Å². The summed E-state index contributed by atoms with van der Waals surface area (Å²) in [6.07, 6.45) is 0.545. The first-order valence-electron chi connectivity index (χ1n) is 7.32. The maximum absolute atomic E-state index is 12.1. The molecule has 23 heavy (non-hydrogen) atoms. The molecule has 2 heterocycles. The average molecular weight is 319 g/mol. The van der Waals surface area contributed by atoms with E-state index in [9.17, 15) is 14.4 Å². The highest BCUT2D eigenvalue weighted by Crippen LogP contribution is 2.34. The highest BCUT2D eigenvalue weighted by Gasteiger charge is 2.22. The number of hydrogen-bond acceptors (Lipinski definition) is 5. The Kier molecular flexibility index (Phi) is 4.31. The molecule has 3 amide bonds. The number of fused-ring (bicyclic) bond motifs is 1. The van der Waals surface area contributed by atoms with Gasteiger partial charge in [-0.1, -0.05) is 0 Å². The van der Waals surface area contributed by atoms with E-state index in [1.54, 1.807) is 28.0 Å². The van der Waals surface area contributed by atoms with Gasteiger partial charge in [0.25, 0.3) is 0 Å². The highest BCUT2D eigenvalue weighted by atomic mass is 16.7. The normalized spacial score (nSPS) is 16.2. The Balaban J connectivity index is 1.51. The van der Waals surface area contributed by atoms with E-state index >= 15 is 0 Å². The molecule has 1 saturated heterocycles. The van der Waals surface area contributed by atoms with E-state index in [0.717, 1.165) is 6.41 Å². The van der Waals surface area contributed by atoms with Crippen LogP contribution >= 0.6 is 0 Å². The van der Waals surface area contributed by atoms with Crippen molar-refractivity contribution >= 4 is 23.9 Å². The van der Waals surface area contributed by atoms with Crippen molar-refractivity contribution in [3.05, 3.63) is 18.2 Å². The summed E-state index contributed by atoms with van der Waals surface area (Å²) in [4.78, 5) is 37.9. The smallest absolute Gasteiger partial charge is 0.233 e. The SMILES string of the molecule is O=CN1CCN(C(=O)CC(=O)Nc2ccc3c(c2)OCO3)CC1. The van der Waals surface area contributed by atoms with Crippen LogP contribution < -0.4 is 14.8 Å². The van der Waals surface area contributed by atoms with Gasteiger partial charge in [-0.05, 0) is 12.1 Å². The molecule has 0 saturated carbocycles. The Morgan fingerprint density at radius 1 is 1.13 bits per heavy atom. The van der Waals surface area contributed by atoms with Crippen LogP contribution in [0.25, 0.3) is 0 Å². The van der Waals surface area contributed by atoms with E-state index in [2.05, 4.69) is 5.32 Å². The number of carbonyl (C=O) groups is 3. The number of nitrogens with zero attached hydrogens (tertiary/aromatic N) is 2. The number of piperazine rings is 1. The van der Waals surface area contributed by atoms with Crippen molar-refractivity contribution in [2.24, 2.45) is 0 Å². The van der Waals surface area contributed by atoms with E-state index in [-0.39, 0.29) is 25.0 Å². The molecule has 8 nitrogen and oxygen atoms in total. The maximum atomic E-state index is 12.1. The number of amides is 3. The molecule has 0 spiro atoms. The zero-order valence-corrected chi connectivity index (χ0v) is 12.5. The molecule has 0 aromatic heterocycles. The third kappa shape index (κ3) is 3.53. The Hall–Kier alpha value is -2.77. The number of hydrogen-bond donors (Lipinski definition) is 1. The van der Waals surface area contributed by atoms with Gasteiger partial charge in [0.15, 0.2) is 11.5 Å². The van der Waals surface area contributed by atoms with Crippen molar-refractivity contribution in [2.45, 2.75) is 6.42 Å². The van der Waals surface area contributed by atoms with Gasteiger partial charge in [0, 0.05) is 37.9 Å². The van der Waals surface area contributed by atoms with Crippen LogP contribution in [0, 0.1) is 0 Å². The lowest BCUT2D eigenvalue weighted by Gasteiger charge is -2.32. The lowest BCUT2D eigenvalue weighted by molar-refractivity contribution is -0.137. The maximum Gasteiger partial charge on any atom is 0.233 e. The van der Waals surface area contributed by atoms with Crippen molar-refractivity contribution in [1.29, 1.82) is 0 Å². The Morgan fingerprint density at radius 2 is 1.87 bits per heavy atom. The molecule has 3 rings (SSSR count). The molecule has 8 heteroatoms. The van der Waals surface area contributed by atoms with Gasteiger partial charge < -0.3 is 24.6 Å². The molecule has 0 radical (unpaired) electrons. The summed E-state index contributed by atoms with van der Waals surface area (Å²) < 4.78 is 10.4. The minimum atomic E-state index is -0.383. The standard InChI is InChI=1S/C15H17N3O5/c19-9-17-3-5-18(6-4-17)15(21)8-14(20)16-11-1-2-12-13(7-11)23-10-22-12/h1-2,7,9H,3-6,8,10H2,(H,16,20). The molecule has 0 bridgehead atoms. The third-order valence-electron chi connectivity index (χ3n) is 3.78. The monoisotopic (exact) mass is 319 g/mol. The molecule has 1 fully saturated rings. The van der Waals surface area contributed by atoms with Gasteiger partial charge in [0.2, 0.25) is 25.0 Å². The van der Waals surface area contributed by atoms with Gasteiger partial charge in [-0.2, -0.15) is 0 Å². The molecule has 0 atom stereocenters. The first-order valence-corrected chi connectivity index (χ1v) is 7.32. The number of benzene rings is 1. The van der Waals surface area contributed by atoms with Gasteiger partial charge >= 0.3 is 0 Å². The summed E-state index contributed by atoms with van der Waals surface area (Å²) in [5.41, 5.74) is 0.554. The quantitative estimate of drug-likeness (QED) is 0.625. The summed E-state index contributed by atoms with van der Waals surface area (Å²) in [5.74, 6) is 0.576. The predicted octanol–water partition coefficient (Wildman–Crippen LogP) is 0.0445. The highest BCUT2D eigenvalue weighted by molar-refractivity contribution is 6.03. The molecule has 2 aliphatic rings. The fraction of sp³-hybridized carbons (Fsp3) is 0.400. The van der Waals surface area contributed by atoms with Crippen LogP contribution in [0.15, 0.2) is 18.2 Å². The molecule has 122 valence electrons. The van der Waals surface area contributed by atoms with Crippen molar-refractivity contribution in [1.82, 2.24) is 9.80 Å². The van der Waals surface area contributed by atoms with Crippen LogP contribution in [0.3, 0.4) is 0 Å². The number of rotatable bonds is 4. The van der Waals surface area contributed by atoms with E-state index < -0.39 is 0 Å². The zero-order chi connectivity index (χ0) is 16.2. The Bertz CT molecular complexity index is 626. The zero-order valence-electron chi connectivity index (χ0n) is 12.5. The number of nitrogens with one attached hydrogen (secondary N) is 1. The predicted molar refractivity (Wildman–Crippen MR) is 80.0 cm³/mol. The molecule has 1 aromatic carbocycles. The summed E-state index contributed by atoms with van der Waals surface area (Å²) >= 11 is 0. The van der Waals surface area contributed by atoms with Crippen molar-refractivity contribution in [2.75, 3.05) is 38.3 Å². The largest absolute Gasteiger partial charge is 0.454 e. The summed E-state index contributed by atoms with van der Waals surface area (Å²) in [6.45, 7) is 2.07. The third-order valence-corrected chi connectivity index (χ3v) is 3.78. The second kappa shape index (κ2) is 6.55. The van der Waals surface area contributed by atoms with Crippen LogP contribution in [-0.2, 0) is 14.4 Å². The van der Waals surface area contributed by atoms with E-state index in [1.807, 2.05) is 0 Å².